The number of anilines is 1. The van der Waals surface area contributed by atoms with Crippen LogP contribution in [0.15, 0.2) is 12.4 Å². The molecule has 2 heterocycles. The highest BCUT2D eigenvalue weighted by Gasteiger charge is 2.52. The van der Waals surface area contributed by atoms with E-state index in [-0.39, 0.29) is 11.8 Å². The number of hydrogen-bond acceptors (Lipinski definition) is 5. The average Bonchev–Trinajstić information content (AvgIpc) is 2.32. The van der Waals surface area contributed by atoms with Gasteiger partial charge in [-0.2, -0.15) is 0 Å². The van der Waals surface area contributed by atoms with E-state index in [1.807, 2.05) is 0 Å². The topological polar surface area (TPSA) is 72.0 Å². The van der Waals surface area contributed by atoms with Crippen LogP contribution in [0.25, 0.3) is 0 Å². The van der Waals surface area contributed by atoms with Crippen molar-refractivity contribution in [3.05, 3.63) is 18.2 Å². The van der Waals surface area contributed by atoms with Gasteiger partial charge in [0.05, 0.1) is 22.9 Å². The van der Waals surface area contributed by atoms with E-state index in [0.717, 1.165) is 31.7 Å². The fraction of sp³-hybridized carbons (Fsp3) is 0.667. The fourth-order valence-electron chi connectivity index (χ4n) is 2.97. The Bertz CT molecular complexity index is 569. The van der Waals surface area contributed by atoms with Crippen molar-refractivity contribution in [3.63, 3.8) is 0 Å². The lowest BCUT2D eigenvalue weighted by Crippen LogP contribution is -2.53. The minimum absolute atomic E-state index is 0.0503. The number of sulfone groups is 1. The van der Waals surface area contributed by atoms with Gasteiger partial charge < -0.3 is 5.32 Å². The van der Waals surface area contributed by atoms with E-state index in [1.54, 1.807) is 0 Å². The van der Waals surface area contributed by atoms with Gasteiger partial charge >= 0.3 is 0 Å². The maximum Gasteiger partial charge on any atom is 0.222 e. The third-order valence-electron chi connectivity index (χ3n) is 4.23. The Kier molecular flexibility index (Phi) is 2.96. The van der Waals surface area contributed by atoms with Gasteiger partial charge in [-0.1, -0.05) is 6.42 Å². The van der Waals surface area contributed by atoms with Crippen molar-refractivity contribution in [2.24, 2.45) is 0 Å². The van der Waals surface area contributed by atoms with Crippen molar-refractivity contribution in [2.75, 3.05) is 11.1 Å². The molecule has 1 saturated heterocycles. The SMILES string of the molecule is O=S1(=O)CCC(Nc2ncc(F)cn2)CC12CCC2. The molecule has 0 amide bonds. The summed E-state index contributed by atoms with van der Waals surface area (Å²) < 4.78 is 36.4. The predicted molar refractivity (Wildman–Crippen MR) is 69.0 cm³/mol. The number of nitrogens with zero attached hydrogens (tertiary/aromatic N) is 2. The maximum atomic E-state index is 12.7. The Morgan fingerprint density at radius 1 is 1.32 bits per heavy atom. The highest BCUT2D eigenvalue weighted by molar-refractivity contribution is 7.92. The molecule has 1 atom stereocenters. The van der Waals surface area contributed by atoms with Crippen LogP contribution in [-0.2, 0) is 9.84 Å². The lowest BCUT2D eigenvalue weighted by molar-refractivity contribution is 0.289. The molecule has 1 aromatic rings. The van der Waals surface area contributed by atoms with Crippen molar-refractivity contribution in [1.82, 2.24) is 9.97 Å². The third kappa shape index (κ3) is 2.20. The molecule has 2 aliphatic rings. The van der Waals surface area contributed by atoms with Gasteiger partial charge in [-0.05, 0) is 25.7 Å². The van der Waals surface area contributed by atoms with Crippen molar-refractivity contribution >= 4 is 15.8 Å². The minimum atomic E-state index is -2.96. The molecule has 1 N–H and O–H groups in total. The second kappa shape index (κ2) is 4.40. The van der Waals surface area contributed by atoms with Crippen LogP contribution in [0.1, 0.15) is 32.1 Å². The molecule has 5 nitrogen and oxygen atoms in total. The summed E-state index contributed by atoms with van der Waals surface area (Å²) in [6.45, 7) is 0. The quantitative estimate of drug-likeness (QED) is 0.892. The van der Waals surface area contributed by atoms with Gasteiger partial charge in [0.2, 0.25) is 5.95 Å². The summed E-state index contributed by atoms with van der Waals surface area (Å²) in [4.78, 5) is 7.71. The van der Waals surface area contributed by atoms with E-state index in [4.69, 9.17) is 0 Å². The van der Waals surface area contributed by atoms with Crippen molar-refractivity contribution in [2.45, 2.75) is 42.9 Å². The van der Waals surface area contributed by atoms with Crippen LogP contribution >= 0.6 is 0 Å². The summed E-state index contributed by atoms with van der Waals surface area (Å²) in [6.07, 6.45) is 5.89. The summed E-state index contributed by atoms with van der Waals surface area (Å²) in [5, 5.41) is 3.12. The summed E-state index contributed by atoms with van der Waals surface area (Å²) in [6, 6.07) is 0.0503. The first-order valence-corrected chi connectivity index (χ1v) is 8.12. The van der Waals surface area contributed by atoms with E-state index in [9.17, 15) is 12.8 Å². The van der Waals surface area contributed by atoms with Crippen LogP contribution in [0, 0.1) is 5.82 Å². The Morgan fingerprint density at radius 3 is 2.58 bits per heavy atom. The zero-order chi connectivity index (χ0) is 13.5. The standard InChI is InChI=1S/C12H16FN3O2S/c13-9-7-14-11(15-8-9)16-10-2-5-19(17,18)12(6-10)3-1-4-12/h7-8,10H,1-6H2,(H,14,15,16). The molecule has 1 aromatic heterocycles. The molecule has 1 spiro atoms. The fourth-order valence-corrected chi connectivity index (χ4v) is 5.36. The van der Waals surface area contributed by atoms with Gasteiger partial charge in [-0.3, -0.25) is 0 Å². The van der Waals surface area contributed by atoms with E-state index in [0.29, 0.717) is 18.8 Å². The molecule has 1 aliphatic heterocycles. The lowest BCUT2D eigenvalue weighted by Gasteiger charge is -2.46. The average molecular weight is 285 g/mol. The van der Waals surface area contributed by atoms with Gasteiger partial charge in [0.15, 0.2) is 15.7 Å². The second-order valence-electron chi connectivity index (χ2n) is 5.41. The first-order chi connectivity index (χ1) is 9.01. The van der Waals surface area contributed by atoms with Gasteiger partial charge in [-0.15, -0.1) is 0 Å². The van der Waals surface area contributed by atoms with Gasteiger partial charge in [0, 0.05) is 6.04 Å². The first kappa shape index (κ1) is 12.8. The number of nitrogens with one attached hydrogen (secondary N) is 1. The number of halogens is 1. The Morgan fingerprint density at radius 2 is 2.00 bits per heavy atom. The highest BCUT2D eigenvalue weighted by Crippen LogP contribution is 2.46. The van der Waals surface area contributed by atoms with Crippen LogP contribution in [0.5, 0.6) is 0 Å². The number of hydrogen-bond donors (Lipinski definition) is 1. The summed E-state index contributed by atoms with van der Waals surface area (Å²) in [5.41, 5.74) is 0. The van der Waals surface area contributed by atoms with Gasteiger partial charge in [-0.25, -0.2) is 22.8 Å². The third-order valence-corrected chi connectivity index (χ3v) is 6.90. The summed E-state index contributed by atoms with van der Waals surface area (Å²) >= 11 is 0. The Labute approximate surface area is 111 Å². The molecule has 1 aliphatic carbocycles. The number of aromatic nitrogens is 2. The van der Waals surface area contributed by atoms with Crippen LogP contribution in [-0.4, -0.2) is 34.9 Å². The summed E-state index contributed by atoms with van der Waals surface area (Å²) in [7, 11) is -2.96. The van der Waals surface area contributed by atoms with Crippen molar-refractivity contribution in [1.29, 1.82) is 0 Å². The minimum Gasteiger partial charge on any atom is -0.351 e. The van der Waals surface area contributed by atoms with Crippen LogP contribution in [0.2, 0.25) is 0 Å². The predicted octanol–water partition coefficient (Wildman–Crippen LogP) is 1.53. The van der Waals surface area contributed by atoms with E-state index in [2.05, 4.69) is 15.3 Å². The van der Waals surface area contributed by atoms with E-state index in [1.165, 1.54) is 0 Å². The normalized spacial score (nSPS) is 27.7. The molecule has 1 saturated carbocycles. The zero-order valence-electron chi connectivity index (χ0n) is 10.5. The zero-order valence-corrected chi connectivity index (χ0v) is 11.3. The molecule has 104 valence electrons. The number of rotatable bonds is 2. The van der Waals surface area contributed by atoms with Gasteiger partial charge in [0.25, 0.3) is 0 Å². The maximum absolute atomic E-state index is 12.7. The van der Waals surface area contributed by atoms with E-state index >= 15 is 0 Å². The molecular weight excluding hydrogens is 269 g/mol. The van der Waals surface area contributed by atoms with Gasteiger partial charge in [0.1, 0.15) is 0 Å². The summed E-state index contributed by atoms with van der Waals surface area (Å²) in [5.74, 6) is 0.0960. The molecule has 0 bridgehead atoms. The first-order valence-electron chi connectivity index (χ1n) is 6.47. The second-order valence-corrected chi connectivity index (χ2v) is 7.92. The Hall–Kier alpha value is -1.24. The van der Waals surface area contributed by atoms with Crippen LogP contribution < -0.4 is 5.32 Å². The molecule has 0 radical (unpaired) electrons. The van der Waals surface area contributed by atoms with E-state index < -0.39 is 20.4 Å². The molecule has 19 heavy (non-hydrogen) atoms. The van der Waals surface area contributed by atoms with Crippen molar-refractivity contribution in [3.8, 4) is 0 Å². The monoisotopic (exact) mass is 285 g/mol. The largest absolute Gasteiger partial charge is 0.351 e. The molecule has 3 rings (SSSR count). The molecular formula is C12H16FN3O2S. The molecule has 2 fully saturated rings. The Balaban J connectivity index is 1.72. The molecule has 7 heteroatoms. The highest BCUT2D eigenvalue weighted by atomic mass is 32.2. The molecule has 1 unspecified atom stereocenters. The lowest BCUT2D eigenvalue weighted by atomic mass is 9.79. The van der Waals surface area contributed by atoms with Crippen LogP contribution in [0.3, 0.4) is 0 Å². The smallest absolute Gasteiger partial charge is 0.222 e. The van der Waals surface area contributed by atoms with Crippen molar-refractivity contribution < 1.29 is 12.8 Å². The van der Waals surface area contributed by atoms with Crippen LogP contribution in [0.4, 0.5) is 10.3 Å². The molecule has 0 aromatic carbocycles.